The quantitative estimate of drug-likeness (QED) is 0.792. The Labute approximate surface area is 134 Å². The van der Waals surface area contributed by atoms with Crippen molar-refractivity contribution in [2.45, 2.75) is 26.3 Å². The maximum Gasteiger partial charge on any atom is 0.326 e. The van der Waals surface area contributed by atoms with Crippen LogP contribution >= 0.6 is 22.7 Å². The van der Waals surface area contributed by atoms with E-state index >= 15 is 0 Å². The molecule has 3 heterocycles. The minimum Gasteiger partial charge on any atom is -0.480 e. The maximum absolute atomic E-state index is 12.8. The zero-order valence-corrected chi connectivity index (χ0v) is 13.7. The van der Waals surface area contributed by atoms with Crippen molar-refractivity contribution >= 4 is 38.9 Å². The summed E-state index contributed by atoms with van der Waals surface area (Å²) < 4.78 is 1.23. The first-order chi connectivity index (χ1) is 10.5. The summed E-state index contributed by atoms with van der Waals surface area (Å²) in [6.45, 7) is 3.70. The number of aromatic nitrogens is 2. The van der Waals surface area contributed by atoms with Gasteiger partial charge >= 0.3 is 5.97 Å². The number of rotatable bonds is 4. The molecule has 0 aliphatic rings. The summed E-state index contributed by atoms with van der Waals surface area (Å²) in [5.41, 5.74) is 0.592. The van der Waals surface area contributed by atoms with Gasteiger partial charge in [-0.05, 0) is 24.8 Å². The lowest BCUT2D eigenvalue weighted by molar-refractivity contribution is -0.141. The summed E-state index contributed by atoms with van der Waals surface area (Å²) in [5.74, 6) is -1.02. The van der Waals surface area contributed by atoms with E-state index in [0.29, 0.717) is 16.6 Å². The van der Waals surface area contributed by atoms with Gasteiger partial charge in [0.2, 0.25) is 0 Å². The molecule has 0 aliphatic heterocycles. The third-order valence-electron chi connectivity index (χ3n) is 3.59. The van der Waals surface area contributed by atoms with Gasteiger partial charge in [0, 0.05) is 15.3 Å². The molecular weight excluding hydrogens is 320 g/mol. The number of carboxylic acids is 1. The Balaban J connectivity index is 2.33. The van der Waals surface area contributed by atoms with Crippen LogP contribution in [-0.4, -0.2) is 20.6 Å². The minimum atomic E-state index is -1.02. The molecule has 7 heteroatoms. The van der Waals surface area contributed by atoms with Crippen LogP contribution in [0.2, 0.25) is 0 Å². The molecule has 0 bridgehead atoms. The van der Waals surface area contributed by atoms with E-state index in [4.69, 9.17) is 0 Å². The van der Waals surface area contributed by atoms with Crippen molar-refractivity contribution in [3.63, 3.8) is 0 Å². The van der Waals surface area contributed by atoms with Gasteiger partial charge in [-0.2, -0.15) is 0 Å². The number of aliphatic carboxylic acids is 1. The van der Waals surface area contributed by atoms with E-state index in [0.717, 1.165) is 15.3 Å². The number of hydrogen-bond donors (Lipinski definition) is 1. The fourth-order valence-corrected chi connectivity index (χ4v) is 4.44. The Kier molecular flexibility index (Phi) is 3.84. The van der Waals surface area contributed by atoms with Crippen molar-refractivity contribution in [1.29, 1.82) is 0 Å². The first kappa shape index (κ1) is 14.9. The van der Waals surface area contributed by atoms with Crippen molar-refractivity contribution in [3.05, 3.63) is 39.1 Å². The van der Waals surface area contributed by atoms with Crippen molar-refractivity contribution in [2.75, 3.05) is 0 Å². The number of fused-ring (bicyclic) bond motifs is 1. The molecule has 0 amide bonds. The Hall–Kier alpha value is -1.99. The van der Waals surface area contributed by atoms with Crippen molar-refractivity contribution in [3.8, 4) is 10.4 Å². The lowest BCUT2D eigenvalue weighted by Crippen LogP contribution is -2.29. The molecule has 0 saturated carbocycles. The van der Waals surface area contributed by atoms with Gasteiger partial charge < -0.3 is 5.11 Å². The van der Waals surface area contributed by atoms with Gasteiger partial charge in [0.1, 0.15) is 10.9 Å². The average molecular weight is 334 g/mol. The number of thiophene rings is 2. The van der Waals surface area contributed by atoms with E-state index in [1.165, 1.54) is 22.2 Å². The van der Waals surface area contributed by atoms with Crippen LogP contribution in [0.4, 0.5) is 0 Å². The molecule has 1 N–H and O–H groups in total. The Morgan fingerprint density at radius 2 is 2.27 bits per heavy atom. The van der Waals surface area contributed by atoms with Crippen LogP contribution in [-0.2, 0) is 4.79 Å². The normalized spacial score (nSPS) is 12.6. The van der Waals surface area contributed by atoms with Crippen LogP contribution in [0.3, 0.4) is 0 Å². The number of carboxylic acid groups (broad SMARTS) is 1. The van der Waals surface area contributed by atoms with Gasteiger partial charge in [-0.15, -0.1) is 22.7 Å². The van der Waals surface area contributed by atoms with Crippen molar-refractivity contribution < 1.29 is 9.90 Å². The minimum absolute atomic E-state index is 0.285. The maximum atomic E-state index is 12.8. The van der Waals surface area contributed by atoms with Gasteiger partial charge in [-0.1, -0.05) is 13.0 Å². The number of hydrogen-bond acceptors (Lipinski definition) is 5. The molecule has 0 spiro atoms. The first-order valence-electron chi connectivity index (χ1n) is 6.81. The highest BCUT2D eigenvalue weighted by Crippen LogP contribution is 2.37. The number of carbonyl (C=O) groups is 1. The molecule has 114 valence electrons. The Bertz CT molecular complexity index is 894. The predicted octanol–water partition coefficient (Wildman–Crippen LogP) is 3.53. The highest BCUT2D eigenvalue weighted by molar-refractivity contribution is 7.20. The largest absolute Gasteiger partial charge is 0.480 e. The van der Waals surface area contributed by atoms with Crippen LogP contribution < -0.4 is 5.56 Å². The molecule has 1 unspecified atom stereocenters. The summed E-state index contributed by atoms with van der Waals surface area (Å²) >= 11 is 3.02. The van der Waals surface area contributed by atoms with Crippen molar-refractivity contribution in [2.24, 2.45) is 0 Å². The molecule has 1 atom stereocenters. The monoisotopic (exact) mass is 334 g/mol. The summed E-state index contributed by atoms with van der Waals surface area (Å²) in [4.78, 5) is 31.2. The molecule has 0 fully saturated rings. The molecule has 0 radical (unpaired) electrons. The van der Waals surface area contributed by atoms with Gasteiger partial charge in [0.05, 0.1) is 11.7 Å². The fraction of sp³-hybridized carbons (Fsp3) is 0.267. The summed E-state index contributed by atoms with van der Waals surface area (Å²) in [5, 5.41) is 11.8. The average Bonchev–Trinajstić information content (AvgIpc) is 3.08. The van der Waals surface area contributed by atoms with Gasteiger partial charge in [0.25, 0.3) is 5.56 Å². The standard InChI is InChI=1S/C15H14N2O3S2/c1-3-9(15(19)20)17-7-16-13-12(14(17)18)11(8(2)22-13)10-5-4-6-21-10/h4-7,9H,3H2,1-2H3,(H,19,20). The third-order valence-corrected chi connectivity index (χ3v) is 5.49. The van der Waals surface area contributed by atoms with E-state index in [1.54, 1.807) is 18.3 Å². The topological polar surface area (TPSA) is 72.2 Å². The van der Waals surface area contributed by atoms with E-state index in [2.05, 4.69) is 4.98 Å². The van der Waals surface area contributed by atoms with Crippen LogP contribution in [0.25, 0.3) is 20.7 Å². The first-order valence-corrected chi connectivity index (χ1v) is 8.51. The van der Waals surface area contributed by atoms with Crippen LogP contribution in [0, 0.1) is 6.92 Å². The lowest BCUT2D eigenvalue weighted by Gasteiger charge is -2.13. The fourth-order valence-electron chi connectivity index (χ4n) is 2.55. The molecule has 0 aromatic carbocycles. The Morgan fingerprint density at radius 1 is 1.50 bits per heavy atom. The van der Waals surface area contributed by atoms with Gasteiger partial charge in [-0.25, -0.2) is 9.78 Å². The SMILES string of the molecule is CCC(C(=O)O)n1cnc2sc(C)c(-c3cccs3)c2c1=O. The van der Waals surface area contributed by atoms with Crippen LogP contribution in [0.1, 0.15) is 24.3 Å². The lowest BCUT2D eigenvalue weighted by atomic mass is 10.1. The van der Waals surface area contributed by atoms with Crippen LogP contribution in [0.5, 0.6) is 0 Å². The molecule has 5 nitrogen and oxygen atoms in total. The zero-order chi connectivity index (χ0) is 15.9. The highest BCUT2D eigenvalue weighted by Gasteiger charge is 2.23. The van der Waals surface area contributed by atoms with Gasteiger partial charge in [-0.3, -0.25) is 9.36 Å². The van der Waals surface area contributed by atoms with Gasteiger partial charge in [0.15, 0.2) is 0 Å². The molecule has 0 saturated heterocycles. The molecular formula is C15H14N2O3S2. The second kappa shape index (κ2) is 5.66. The summed E-state index contributed by atoms with van der Waals surface area (Å²) in [7, 11) is 0. The molecule has 3 rings (SSSR count). The summed E-state index contributed by atoms with van der Waals surface area (Å²) in [6.07, 6.45) is 1.68. The van der Waals surface area contributed by atoms with E-state index in [1.807, 2.05) is 24.4 Å². The van der Waals surface area contributed by atoms with E-state index in [-0.39, 0.29) is 5.56 Å². The molecule has 3 aromatic rings. The molecule has 0 aliphatic carbocycles. The highest BCUT2D eigenvalue weighted by atomic mass is 32.1. The van der Waals surface area contributed by atoms with E-state index in [9.17, 15) is 14.7 Å². The Morgan fingerprint density at radius 3 is 2.86 bits per heavy atom. The number of aryl methyl sites for hydroxylation is 1. The number of nitrogens with zero attached hydrogens (tertiary/aromatic N) is 2. The summed E-state index contributed by atoms with van der Waals surface area (Å²) in [6, 6.07) is 3.01. The van der Waals surface area contributed by atoms with Crippen LogP contribution in [0.15, 0.2) is 28.6 Å². The van der Waals surface area contributed by atoms with Crippen molar-refractivity contribution in [1.82, 2.24) is 9.55 Å². The third kappa shape index (κ3) is 2.26. The second-order valence-electron chi connectivity index (χ2n) is 4.91. The predicted molar refractivity (Wildman–Crippen MR) is 88.9 cm³/mol. The van der Waals surface area contributed by atoms with E-state index < -0.39 is 12.0 Å². The second-order valence-corrected chi connectivity index (χ2v) is 7.06. The zero-order valence-electron chi connectivity index (χ0n) is 12.1. The smallest absolute Gasteiger partial charge is 0.326 e. The molecule has 22 heavy (non-hydrogen) atoms. The molecule has 3 aromatic heterocycles.